The molecule has 0 fully saturated rings. The number of carbonyl (C=O) groups is 2. The van der Waals surface area contributed by atoms with Gasteiger partial charge in [0.2, 0.25) is 5.91 Å². The summed E-state index contributed by atoms with van der Waals surface area (Å²) in [5.41, 5.74) is 0. The molecule has 0 spiro atoms. The summed E-state index contributed by atoms with van der Waals surface area (Å²) in [5, 5.41) is 0. The molecule has 0 unspecified atom stereocenters. The van der Waals surface area contributed by atoms with E-state index in [1.165, 1.54) is 0 Å². The highest BCUT2D eigenvalue weighted by molar-refractivity contribution is 5.79. The van der Waals surface area contributed by atoms with Crippen LogP contribution in [-0.4, -0.2) is 50.2 Å². The first-order valence-corrected chi connectivity index (χ1v) is 6.46. The molecule has 0 aromatic heterocycles. The first-order chi connectivity index (χ1) is 8.52. The Morgan fingerprint density at radius 3 is 2.39 bits per heavy atom. The van der Waals surface area contributed by atoms with Crippen LogP contribution in [-0.2, 0) is 19.1 Å². The molecule has 0 saturated heterocycles. The minimum absolute atomic E-state index is 0.0604. The lowest BCUT2D eigenvalue weighted by Gasteiger charge is -2.24. The van der Waals surface area contributed by atoms with E-state index in [2.05, 4.69) is 0 Å². The molecule has 0 saturated carbocycles. The van der Waals surface area contributed by atoms with Crippen molar-refractivity contribution in [1.82, 2.24) is 4.90 Å². The molecule has 5 heteroatoms. The fourth-order valence-corrected chi connectivity index (χ4v) is 1.56. The van der Waals surface area contributed by atoms with Crippen molar-refractivity contribution in [2.24, 2.45) is 5.92 Å². The number of amides is 1. The number of hydrogen-bond acceptors (Lipinski definition) is 4. The molecule has 0 N–H and O–H groups in total. The number of nitrogens with zero attached hydrogens (tertiary/aromatic N) is 1. The number of hydrogen-bond donors (Lipinski definition) is 0. The van der Waals surface area contributed by atoms with Gasteiger partial charge in [-0.3, -0.25) is 9.59 Å². The number of ether oxygens (including phenoxy) is 2. The fraction of sp³-hybridized carbons (Fsp3) is 0.846. The van der Waals surface area contributed by atoms with Gasteiger partial charge in [-0.25, -0.2) is 0 Å². The van der Waals surface area contributed by atoms with Gasteiger partial charge in [0.25, 0.3) is 0 Å². The molecule has 0 rings (SSSR count). The molecule has 0 atom stereocenters. The summed E-state index contributed by atoms with van der Waals surface area (Å²) in [6.45, 7) is 7.51. The Bertz CT molecular complexity index is 253. The van der Waals surface area contributed by atoms with Crippen molar-refractivity contribution >= 4 is 11.9 Å². The highest BCUT2D eigenvalue weighted by Crippen LogP contribution is 2.04. The van der Waals surface area contributed by atoms with Gasteiger partial charge >= 0.3 is 5.97 Å². The van der Waals surface area contributed by atoms with Gasteiger partial charge in [0.1, 0.15) is 0 Å². The number of carbonyl (C=O) groups excluding carboxylic acids is 2. The van der Waals surface area contributed by atoms with Crippen molar-refractivity contribution in [2.75, 3.05) is 33.4 Å². The first kappa shape index (κ1) is 16.9. The Balaban J connectivity index is 4.20. The summed E-state index contributed by atoms with van der Waals surface area (Å²) in [4.78, 5) is 24.9. The molecule has 0 aromatic rings. The minimum atomic E-state index is -0.259. The van der Waals surface area contributed by atoms with Crippen LogP contribution in [0.5, 0.6) is 0 Å². The minimum Gasteiger partial charge on any atom is -0.466 e. The summed E-state index contributed by atoms with van der Waals surface area (Å²) >= 11 is 0. The Morgan fingerprint density at radius 2 is 1.89 bits per heavy atom. The van der Waals surface area contributed by atoms with Gasteiger partial charge in [0, 0.05) is 32.7 Å². The standard InChI is InChI=1S/C13H25NO4/c1-5-18-12(15)7-9-14(8-6-10-17-4)13(16)11(2)3/h11H,5-10H2,1-4H3. The van der Waals surface area contributed by atoms with E-state index >= 15 is 0 Å². The van der Waals surface area contributed by atoms with Gasteiger partial charge in [0.15, 0.2) is 0 Å². The van der Waals surface area contributed by atoms with Crippen molar-refractivity contribution < 1.29 is 19.1 Å². The Kier molecular flexibility index (Phi) is 9.28. The maximum Gasteiger partial charge on any atom is 0.307 e. The largest absolute Gasteiger partial charge is 0.466 e. The van der Waals surface area contributed by atoms with Crippen LogP contribution in [0.25, 0.3) is 0 Å². The van der Waals surface area contributed by atoms with Gasteiger partial charge in [0.05, 0.1) is 13.0 Å². The molecule has 0 aliphatic carbocycles. The molecule has 0 heterocycles. The molecule has 1 amide bonds. The van der Waals surface area contributed by atoms with E-state index in [-0.39, 0.29) is 24.2 Å². The van der Waals surface area contributed by atoms with E-state index in [9.17, 15) is 9.59 Å². The summed E-state index contributed by atoms with van der Waals surface area (Å²) in [7, 11) is 1.63. The highest BCUT2D eigenvalue weighted by atomic mass is 16.5. The predicted molar refractivity (Wildman–Crippen MR) is 69.2 cm³/mol. The van der Waals surface area contributed by atoms with E-state index in [4.69, 9.17) is 9.47 Å². The Morgan fingerprint density at radius 1 is 1.22 bits per heavy atom. The van der Waals surface area contributed by atoms with Gasteiger partial charge in [-0.05, 0) is 13.3 Å². The van der Waals surface area contributed by atoms with Gasteiger partial charge < -0.3 is 14.4 Å². The topological polar surface area (TPSA) is 55.8 Å². The highest BCUT2D eigenvalue weighted by Gasteiger charge is 2.17. The van der Waals surface area contributed by atoms with Crippen molar-refractivity contribution in [3.05, 3.63) is 0 Å². The van der Waals surface area contributed by atoms with E-state index in [0.717, 1.165) is 6.42 Å². The molecule has 106 valence electrons. The molecule has 0 aliphatic rings. The third kappa shape index (κ3) is 7.27. The maximum atomic E-state index is 11.9. The van der Waals surface area contributed by atoms with Gasteiger partial charge in [-0.2, -0.15) is 0 Å². The summed E-state index contributed by atoms with van der Waals surface area (Å²) in [6, 6.07) is 0. The zero-order valence-corrected chi connectivity index (χ0v) is 11.9. The summed E-state index contributed by atoms with van der Waals surface area (Å²) in [5.74, 6) is -0.254. The smallest absolute Gasteiger partial charge is 0.307 e. The third-order valence-corrected chi connectivity index (χ3v) is 2.47. The normalized spacial score (nSPS) is 10.5. The van der Waals surface area contributed by atoms with Crippen LogP contribution in [0.1, 0.15) is 33.6 Å². The van der Waals surface area contributed by atoms with Crippen molar-refractivity contribution in [3.63, 3.8) is 0 Å². The Hall–Kier alpha value is -1.10. The van der Waals surface area contributed by atoms with E-state index in [1.54, 1.807) is 18.9 Å². The quantitative estimate of drug-likeness (QED) is 0.464. The van der Waals surface area contributed by atoms with E-state index in [0.29, 0.717) is 26.3 Å². The molecule has 0 bridgehead atoms. The lowest BCUT2D eigenvalue weighted by Crippen LogP contribution is -2.37. The van der Waals surface area contributed by atoms with Crippen molar-refractivity contribution in [1.29, 1.82) is 0 Å². The monoisotopic (exact) mass is 259 g/mol. The second kappa shape index (κ2) is 9.88. The fourth-order valence-electron chi connectivity index (χ4n) is 1.56. The molecular weight excluding hydrogens is 234 g/mol. The zero-order valence-electron chi connectivity index (χ0n) is 11.9. The van der Waals surface area contributed by atoms with Crippen molar-refractivity contribution in [3.8, 4) is 0 Å². The van der Waals surface area contributed by atoms with Crippen LogP contribution in [0, 0.1) is 5.92 Å². The van der Waals surface area contributed by atoms with Crippen LogP contribution in [0.4, 0.5) is 0 Å². The summed E-state index contributed by atoms with van der Waals surface area (Å²) in [6.07, 6.45) is 1.02. The lowest BCUT2D eigenvalue weighted by molar-refractivity contribution is -0.144. The Labute approximate surface area is 109 Å². The molecule has 18 heavy (non-hydrogen) atoms. The van der Waals surface area contributed by atoms with Crippen LogP contribution in [0.2, 0.25) is 0 Å². The number of esters is 1. The molecule has 0 aliphatic heterocycles. The number of rotatable bonds is 9. The van der Waals surface area contributed by atoms with E-state index in [1.807, 2.05) is 13.8 Å². The van der Waals surface area contributed by atoms with Gasteiger partial charge in [-0.1, -0.05) is 13.8 Å². The first-order valence-electron chi connectivity index (χ1n) is 6.46. The van der Waals surface area contributed by atoms with Crippen LogP contribution < -0.4 is 0 Å². The molecule has 0 radical (unpaired) electrons. The van der Waals surface area contributed by atoms with Crippen LogP contribution in [0.3, 0.4) is 0 Å². The second-order valence-corrected chi connectivity index (χ2v) is 4.38. The molecule has 5 nitrogen and oxygen atoms in total. The SMILES string of the molecule is CCOC(=O)CCN(CCCOC)C(=O)C(C)C. The average Bonchev–Trinajstić information content (AvgIpc) is 2.33. The lowest BCUT2D eigenvalue weighted by atomic mass is 10.2. The number of methoxy groups -OCH3 is 1. The molecular formula is C13H25NO4. The van der Waals surface area contributed by atoms with Crippen LogP contribution in [0.15, 0.2) is 0 Å². The van der Waals surface area contributed by atoms with E-state index < -0.39 is 0 Å². The summed E-state index contributed by atoms with van der Waals surface area (Å²) < 4.78 is 9.82. The van der Waals surface area contributed by atoms with Crippen molar-refractivity contribution in [2.45, 2.75) is 33.6 Å². The molecule has 0 aromatic carbocycles. The predicted octanol–water partition coefficient (Wildman–Crippen LogP) is 1.46. The van der Waals surface area contributed by atoms with Gasteiger partial charge in [-0.15, -0.1) is 0 Å². The zero-order chi connectivity index (χ0) is 14.0. The average molecular weight is 259 g/mol. The third-order valence-electron chi connectivity index (χ3n) is 2.47. The van der Waals surface area contributed by atoms with Crippen LogP contribution >= 0.6 is 0 Å². The second-order valence-electron chi connectivity index (χ2n) is 4.38. The maximum absolute atomic E-state index is 11.9.